The third kappa shape index (κ3) is 7.41. The summed E-state index contributed by atoms with van der Waals surface area (Å²) >= 11 is 0. The number of aliphatic hydroxyl groups is 1. The fourth-order valence-corrected chi connectivity index (χ4v) is 1.59. The summed E-state index contributed by atoms with van der Waals surface area (Å²) in [7, 11) is 0. The minimum atomic E-state index is -2.85. The van der Waals surface area contributed by atoms with E-state index in [1.165, 1.54) is 18.2 Å². The second kappa shape index (κ2) is 9.07. The van der Waals surface area contributed by atoms with E-state index < -0.39 is 6.61 Å². The summed E-state index contributed by atoms with van der Waals surface area (Å²) in [5.41, 5.74) is 0.704. The Morgan fingerprint density at radius 1 is 1.38 bits per heavy atom. The van der Waals surface area contributed by atoms with Crippen molar-refractivity contribution in [3.63, 3.8) is 0 Å². The zero-order chi connectivity index (χ0) is 15.7. The van der Waals surface area contributed by atoms with Gasteiger partial charge in [0.1, 0.15) is 5.75 Å². The third-order valence-corrected chi connectivity index (χ3v) is 2.78. The Bertz CT molecular complexity index is 460. The Morgan fingerprint density at radius 2 is 2.05 bits per heavy atom. The molecule has 1 atom stereocenters. The molecule has 1 unspecified atom stereocenters. The summed E-state index contributed by atoms with van der Waals surface area (Å²) in [6.07, 6.45) is 3.59. The first kappa shape index (κ1) is 17.1. The van der Waals surface area contributed by atoms with Crippen molar-refractivity contribution in [3.8, 4) is 5.75 Å². The van der Waals surface area contributed by atoms with Crippen molar-refractivity contribution in [2.24, 2.45) is 5.92 Å². The summed E-state index contributed by atoms with van der Waals surface area (Å²) in [4.78, 5) is 11.6. The van der Waals surface area contributed by atoms with Crippen LogP contribution in [-0.2, 0) is 4.79 Å². The SMILES string of the molecule is CC(CCO)CNC(=O)/C=C/c1ccc(OC(F)F)cc1. The molecular weight excluding hydrogens is 280 g/mol. The maximum Gasteiger partial charge on any atom is 0.387 e. The quantitative estimate of drug-likeness (QED) is 0.725. The van der Waals surface area contributed by atoms with Gasteiger partial charge in [-0.25, -0.2) is 0 Å². The highest BCUT2D eigenvalue weighted by atomic mass is 19.3. The smallest absolute Gasteiger partial charge is 0.387 e. The molecule has 116 valence electrons. The number of alkyl halides is 2. The largest absolute Gasteiger partial charge is 0.435 e. The van der Waals surface area contributed by atoms with Gasteiger partial charge in [-0.05, 0) is 36.1 Å². The highest BCUT2D eigenvalue weighted by Gasteiger charge is 2.04. The Hall–Kier alpha value is -1.95. The first-order chi connectivity index (χ1) is 10.0. The average molecular weight is 299 g/mol. The monoisotopic (exact) mass is 299 g/mol. The minimum Gasteiger partial charge on any atom is -0.435 e. The Balaban J connectivity index is 2.43. The zero-order valence-corrected chi connectivity index (χ0v) is 11.8. The molecule has 0 saturated carbocycles. The predicted octanol–water partition coefficient (Wildman–Crippen LogP) is 2.44. The number of carbonyl (C=O) groups excluding carboxylic acids is 1. The molecule has 1 amide bonds. The fourth-order valence-electron chi connectivity index (χ4n) is 1.59. The molecule has 21 heavy (non-hydrogen) atoms. The third-order valence-electron chi connectivity index (χ3n) is 2.78. The van der Waals surface area contributed by atoms with Gasteiger partial charge in [0.2, 0.25) is 5.91 Å². The maximum atomic E-state index is 12.0. The molecule has 0 bridgehead atoms. The first-order valence-corrected chi connectivity index (χ1v) is 6.63. The van der Waals surface area contributed by atoms with Crippen LogP contribution in [0.4, 0.5) is 8.78 Å². The van der Waals surface area contributed by atoms with E-state index >= 15 is 0 Å². The van der Waals surface area contributed by atoms with E-state index in [9.17, 15) is 13.6 Å². The Morgan fingerprint density at radius 3 is 2.62 bits per heavy atom. The van der Waals surface area contributed by atoms with E-state index in [1.807, 2.05) is 6.92 Å². The van der Waals surface area contributed by atoms with Crippen LogP contribution in [0.1, 0.15) is 18.9 Å². The van der Waals surface area contributed by atoms with Gasteiger partial charge in [-0.1, -0.05) is 19.1 Å². The molecule has 0 aliphatic rings. The second-order valence-electron chi connectivity index (χ2n) is 4.64. The van der Waals surface area contributed by atoms with E-state index in [-0.39, 0.29) is 24.2 Å². The molecule has 0 aliphatic heterocycles. The van der Waals surface area contributed by atoms with Crippen LogP contribution in [0.3, 0.4) is 0 Å². The van der Waals surface area contributed by atoms with Crippen molar-refractivity contribution < 1.29 is 23.4 Å². The van der Waals surface area contributed by atoms with E-state index in [0.717, 1.165) is 0 Å². The van der Waals surface area contributed by atoms with Gasteiger partial charge in [-0.3, -0.25) is 4.79 Å². The highest BCUT2D eigenvalue weighted by molar-refractivity contribution is 5.91. The standard InChI is InChI=1S/C15H19F2NO3/c1-11(8-9-19)10-18-14(20)7-4-12-2-5-13(6-3-12)21-15(16)17/h2-7,11,15,19H,8-10H2,1H3,(H,18,20)/b7-4+. The Kier molecular flexibility index (Phi) is 7.39. The number of benzene rings is 1. The van der Waals surface area contributed by atoms with Gasteiger partial charge in [0.15, 0.2) is 0 Å². The van der Waals surface area contributed by atoms with E-state index in [0.29, 0.717) is 18.5 Å². The average Bonchev–Trinajstić information content (AvgIpc) is 2.44. The van der Waals surface area contributed by atoms with Crippen molar-refractivity contribution >= 4 is 12.0 Å². The van der Waals surface area contributed by atoms with Crippen molar-refractivity contribution in [2.75, 3.05) is 13.2 Å². The topological polar surface area (TPSA) is 58.6 Å². The van der Waals surface area contributed by atoms with Gasteiger partial charge in [-0.2, -0.15) is 8.78 Å². The molecule has 0 saturated heterocycles. The summed E-state index contributed by atoms with van der Waals surface area (Å²) in [5, 5.41) is 11.5. The second-order valence-corrected chi connectivity index (χ2v) is 4.64. The summed E-state index contributed by atoms with van der Waals surface area (Å²) in [6.45, 7) is -0.328. The van der Waals surface area contributed by atoms with Gasteiger partial charge in [-0.15, -0.1) is 0 Å². The fraction of sp³-hybridized carbons (Fsp3) is 0.400. The van der Waals surface area contributed by atoms with Gasteiger partial charge in [0.25, 0.3) is 0 Å². The lowest BCUT2D eigenvalue weighted by molar-refractivity contribution is -0.116. The summed E-state index contributed by atoms with van der Waals surface area (Å²) in [6, 6.07) is 5.98. The first-order valence-electron chi connectivity index (χ1n) is 6.63. The van der Waals surface area contributed by atoms with Crippen LogP contribution in [0.5, 0.6) is 5.75 Å². The molecule has 0 aromatic heterocycles. The molecule has 0 radical (unpaired) electrons. The van der Waals surface area contributed by atoms with Crippen molar-refractivity contribution in [1.82, 2.24) is 5.32 Å². The lowest BCUT2D eigenvalue weighted by Gasteiger charge is -2.09. The number of hydrogen-bond donors (Lipinski definition) is 2. The number of rotatable bonds is 8. The molecule has 1 aromatic carbocycles. The van der Waals surface area contributed by atoms with Crippen molar-refractivity contribution in [2.45, 2.75) is 20.0 Å². The summed E-state index contributed by atoms with van der Waals surface area (Å²) in [5.74, 6) is 0.0373. The minimum absolute atomic E-state index is 0.0735. The van der Waals surface area contributed by atoms with Gasteiger partial charge < -0.3 is 15.2 Å². The molecule has 6 heteroatoms. The normalized spacial score (nSPS) is 12.6. The number of nitrogens with one attached hydrogen (secondary N) is 1. The van der Waals surface area contributed by atoms with E-state index in [2.05, 4.69) is 10.1 Å². The van der Waals surface area contributed by atoms with Gasteiger partial charge >= 0.3 is 6.61 Å². The lowest BCUT2D eigenvalue weighted by atomic mass is 10.1. The molecule has 0 spiro atoms. The van der Waals surface area contributed by atoms with Crippen LogP contribution in [-0.4, -0.2) is 30.8 Å². The van der Waals surface area contributed by atoms with E-state index in [4.69, 9.17) is 5.11 Å². The van der Waals surface area contributed by atoms with E-state index in [1.54, 1.807) is 18.2 Å². The molecule has 0 aliphatic carbocycles. The number of amides is 1. The predicted molar refractivity (Wildman–Crippen MR) is 76.0 cm³/mol. The number of halogens is 2. The number of ether oxygens (including phenoxy) is 1. The van der Waals surface area contributed by atoms with Crippen molar-refractivity contribution in [3.05, 3.63) is 35.9 Å². The van der Waals surface area contributed by atoms with Crippen LogP contribution >= 0.6 is 0 Å². The molecular formula is C15H19F2NO3. The number of aliphatic hydroxyl groups excluding tert-OH is 1. The molecule has 1 rings (SSSR count). The van der Waals surface area contributed by atoms with Crippen LogP contribution in [0, 0.1) is 5.92 Å². The van der Waals surface area contributed by atoms with Crippen LogP contribution in [0.25, 0.3) is 6.08 Å². The zero-order valence-electron chi connectivity index (χ0n) is 11.8. The summed E-state index contributed by atoms with van der Waals surface area (Å²) < 4.78 is 28.2. The molecule has 1 aromatic rings. The maximum absolute atomic E-state index is 12.0. The van der Waals surface area contributed by atoms with Crippen LogP contribution in [0.2, 0.25) is 0 Å². The lowest BCUT2D eigenvalue weighted by Crippen LogP contribution is -2.26. The molecule has 0 heterocycles. The van der Waals surface area contributed by atoms with Crippen LogP contribution < -0.4 is 10.1 Å². The molecule has 0 fully saturated rings. The van der Waals surface area contributed by atoms with Gasteiger partial charge in [0, 0.05) is 19.2 Å². The van der Waals surface area contributed by atoms with Crippen molar-refractivity contribution in [1.29, 1.82) is 0 Å². The number of hydrogen-bond acceptors (Lipinski definition) is 3. The molecule has 4 nitrogen and oxygen atoms in total. The molecule has 2 N–H and O–H groups in total. The Labute approximate surface area is 122 Å². The highest BCUT2D eigenvalue weighted by Crippen LogP contribution is 2.15. The number of carbonyl (C=O) groups is 1. The van der Waals surface area contributed by atoms with Gasteiger partial charge in [0.05, 0.1) is 0 Å². The van der Waals surface area contributed by atoms with Crippen LogP contribution in [0.15, 0.2) is 30.3 Å².